The number of benzene rings is 1. The highest BCUT2D eigenvalue weighted by Gasteiger charge is 2.24. The third kappa shape index (κ3) is 4.80. The minimum Gasteiger partial charge on any atom is -0.352 e. The summed E-state index contributed by atoms with van der Waals surface area (Å²) in [6.07, 6.45) is 4.91. The van der Waals surface area contributed by atoms with E-state index in [9.17, 15) is 9.59 Å². The van der Waals surface area contributed by atoms with Gasteiger partial charge in [-0.15, -0.1) is 10.2 Å². The minimum absolute atomic E-state index is 0.0328. The van der Waals surface area contributed by atoms with Crippen molar-refractivity contribution in [3.63, 3.8) is 0 Å². The van der Waals surface area contributed by atoms with E-state index < -0.39 is 0 Å². The van der Waals surface area contributed by atoms with Crippen LogP contribution < -0.4 is 10.2 Å². The summed E-state index contributed by atoms with van der Waals surface area (Å²) < 4.78 is 3.48. The van der Waals surface area contributed by atoms with Crippen molar-refractivity contribution >= 4 is 46.1 Å². The maximum absolute atomic E-state index is 13.0. The van der Waals surface area contributed by atoms with Crippen LogP contribution >= 0.6 is 11.8 Å². The largest absolute Gasteiger partial charge is 0.352 e. The number of fused-ring (bicyclic) bond motifs is 1. The van der Waals surface area contributed by atoms with Gasteiger partial charge in [0, 0.05) is 51.5 Å². The molecule has 12 nitrogen and oxygen atoms in total. The molecule has 1 saturated heterocycles. The number of thioether (sulfide) groups is 1. The highest BCUT2D eigenvalue weighted by Crippen LogP contribution is 2.24. The van der Waals surface area contributed by atoms with Crippen LogP contribution in [0.25, 0.3) is 11.0 Å². The normalized spacial score (nSPS) is 13.9. The Hall–Kier alpha value is -4.00. The Morgan fingerprint density at radius 2 is 1.83 bits per heavy atom. The average molecular weight is 493 g/mol. The SMILES string of the molecule is Cn1cnnc1SCC(=O)Nc1ccc(C(=O)N2CCN(c3ncnc4c3cnn4C)CC2)cc1. The van der Waals surface area contributed by atoms with Gasteiger partial charge in [-0.1, -0.05) is 11.8 Å². The van der Waals surface area contributed by atoms with E-state index >= 15 is 0 Å². The summed E-state index contributed by atoms with van der Waals surface area (Å²) in [5, 5.41) is 16.4. The first kappa shape index (κ1) is 22.8. The van der Waals surface area contributed by atoms with Gasteiger partial charge in [0.15, 0.2) is 10.8 Å². The Bertz CT molecular complexity index is 1360. The minimum atomic E-state index is -0.152. The molecule has 180 valence electrons. The molecule has 1 aromatic carbocycles. The molecule has 0 unspecified atom stereocenters. The highest BCUT2D eigenvalue weighted by atomic mass is 32.2. The van der Waals surface area contributed by atoms with Crippen LogP contribution in [0.5, 0.6) is 0 Å². The zero-order valence-corrected chi connectivity index (χ0v) is 20.1. The number of rotatable bonds is 6. The fourth-order valence-corrected chi connectivity index (χ4v) is 4.62. The van der Waals surface area contributed by atoms with Gasteiger partial charge in [-0.25, -0.2) is 9.97 Å². The van der Waals surface area contributed by atoms with E-state index in [-0.39, 0.29) is 17.6 Å². The Labute approximate surface area is 205 Å². The molecule has 5 rings (SSSR count). The maximum Gasteiger partial charge on any atom is 0.253 e. The summed E-state index contributed by atoms with van der Waals surface area (Å²) in [6.45, 7) is 2.51. The Balaban J connectivity index is 1.15. The van der Waals surface area contributed by atoms with Gasteiger partial charge in [0.25, 0.3) is 5.91 Å². The molecule has 35 heavy (non-hydrogen) atoms. The molecule has 0 atom stereocenters. The highest BCUT2D eigenvalue weighted by molar-refractivity contribution is 7.99. The molecule has 4 heterocycles. The zero-order valence-electron chi connectivity index (χ0n) is 19.3. The number of nitrogens with one attached hydrogen (secondary N) is 1. The maximum atomic E-state index is 13.0. The van der Waals surface area contributed by atoms with Crippen LogP contribution in [-0.2, 0) is 18.9 Å². The van der Waals surface area contributed by atoms with E-state index in [2.05, 4.69) is 35.5 Å². The number of hydrogen-bond acceptors (Lipinski definition) is 9. The second-order valence-corrected chi connectivity index (χ2v) is 9.06. The number of carbonyl (C=O) groups excluding carboxylic acids is 2. The van der Waals surface area contributed by atoms with E-state index in [1.165, 1.54) is 11.8 Å². The molecule has 0 spiro atoms. The summed E-state index contributed by atoms with van der Waals surface area (Å²) in [5.41, 5.74) is 2.01. The quantitative estimate of drug-likeness (QED) is 0.395. The number of carbonyl (C=O) groups is 2. The number of nitrogens with zero attached hydrogens (tertiary/aromatic N) is 9. The van der Waals surface area contributed by atoms with Gasteiger partial charge in [0.05, 0.1) is 17.3 Å². The number of hydrogen-bond donors (Lipinski definition) is 1. The topological polar surface area (TPSA) is 127 Å². The second kappa shape index (κ2) is 9.70. The molecular weight excluding hydrogens is 468 g/mol. The molecule has 13 heteroatoms. The number of anilines is 2. The molecule has 0 bridgehead atoms. The lowest BCUT2D eigenvalue weighted by molar-refractivity contribution is -0.113. The third-order valence-electron chi connectivity index (χ3n) is 5.79. The van der Waals surface area contributed by atoms with Crippen LogP contribution in [0.1, 0.15) is 10.4 Å². The van der Waals surface area contributed by atoms with Crippen LogP contribution in [0, 0.1) is 0 Å². The van der Waals surface area contributed by atoms with Crippen LogP contribution in [0.4, 0.5) is 11.5 Å². The first-order chi connectivity index (χ1) is 17.0. The van der Waals surface area contributed by atoms with E-state index in [1.54, 1.807) is 52.4 Å². The van der Waals surface area contributed by atoms with Crippen LogP contribution in [0.3, 0.4) is 0 Å². The van der Waals surface area contributed by atoms with Gasteiger partial charge in [0.1, 0.15) is 18.5 Å². The first-order valence-electron chi connectivity index (χ1n) is 11.0. The number of amides is 2. The Morgan fingerprint density at radius 1 is 1.06 bits per heavy atom. The van der Waals surface area contributed by atoms with Gasteiger partial charge in [0.2, 0.25) is 5.91 Å². The van der Waals surface area contributed by atoms with Gasteiger partial charge in [-0.2, -0.15) is 5.10 Å². The lowest BCUT2D eigenvalue weighted by atomic mass is 10.1. The van der Waals surface area contributed by atoms with Crippen molar-refractivity contribution in [1.82, 2.24) is 39.4 Å². The van der Waals surface area contributed by atoms with Crippen molar-refractivity contribution in [2.24, 2.45) is 14.1 Å². The van der Waals surface area contributed by atoms with Crippen LogP contribution in [-0.4, -0.2) is 83.2 Å². The summed E-state index contributed by atoms with van der Waals surface area (Å²) in [4.78, 5) is 38.0. The molecule has 3 aromatic heterocycles. The molecular formula is C22H24N10O2S. The molecule has 4 aromatic rings. The molecule has 0 radical (unpaired) electrons. The van der Waals surface area contributed by atoms with Crippen molar-refractivity contribution in [3.05, 3.63) is 48.7 Å². The number of piperazine rings is 1. The van der Waals surface area contributed by atoms with Crippen molar-refractivity contribution in [2.45, 2.75) is 5.16 Å². The average Bonchev–Trinajstić information content (AvgIpc) is 3.48. The Morgan fingerprint density at radius 3 is 2.54 bits per heavy atom. The molecule has 1 aliphatic heterocycles. The van der Waals surface area contributed by atoms with E-state index in [0.29, 0.717) is 42.6 Å². The molecule has 0 saturated carbocycles. The van der Waals surface area contributed by atoms with E-state index in [4.69, 9.17) is 0 Å². The number of aromatic nitrogens is 7. The first-order valence-corrected chi connectivity index (χ1v) is 12.0. The lowest BCUT2D eigenvalue weighted by Gasteiger charge is -2.35. The van der Waals surface area contributed by atoms with Gasteiger partial charge in [-0.3, -0.25) is 14.3 Å². The summed E-state index contributed by atoms with van der Waals surface area (Å²) in [7, 11) is 3.68. The molecule has 1 N–H and O–H groups in total. The van der Waals surface area contributed by atoms with Crippen LogP contribution in [0.2, 0.25) is 0 Å². The van der Waals surface area contributed by atoms with Crippen molar-refractivity contribution < 1.29 is 9.59 Å². The lowest BCUT2D eigenvalue weighted by Crippen LogP contribution is -2.49. The standard InChI is InChI=1S/C22H24N10O2S/c1-29-14-25-28-22(29)35-12-18(33)27-16-5-3-15(4-6-16)21(34)32-9-7-31(8-10-32)20-17-11-26-30(2)19(17)23-13-24-20/h3-6,11,13-14H,7-10,12H2,1-2H3,(H,27,33). The summed E-state index contributed by atoms with van der Waals surface area (Å²) in [5.74, 6) is 0.873. The molecule has 1 aliphatic rings. The van der Waals surface area contributed by atoms with Crippen molar-refractivity contribution in [2.75, 3.05) is 42.1 Å². The molecule has 1 fully saturated rings. The molecule has 0 aliphatic carbocycles. The monoisotopic (exact) mass is 492 g/mol. The molecule has 2 amide bonds. The fourth-order valence-electron chi connectivity index (χ4n) is 3.93. The van der Waals surface area contributed by atoms with Crippen LogP contribution in [0.15, 0.2) is 48.3 Å². The zero-order chi connectivity index (χ0) is 24.4. The van der Waals surface area contributed by atoms with Gasteiger partial charge in [-0.05, 0) is 24.3 Å². The van der Waals surface area contributed by atoms with Crippen molar-refractivity contribution in [3.8, 4) is 0 Å². The summed E-state index contributed by atoms with van der Waals surface area (Å²) in [6, 6.07) is 6.97. The fraction of sp³-hybridized carbons (Fsp3) is 0.318. The van der Waals surface area contributed by atoms with Gasteiger partial charge >= 0.3 is 0 Å². The summed E-state index contributed by atoms with van der Waals surface area (Å²) >= 11 is 1.31. The Kier molecular flexibility index (Phi) is 6.31. The second-order valence-electron chi connectivity index (χ2n) is 8.12. The van der Waals surface area contributed by atoms with E-state index in [1.807, 2.05) is 19.0 Å². The van der Waals surface area contributed by atoms with Crippen molar-refractivity contribution in [1.29, 1.82) is 0 Å². The third-order valence-corrected chi connectivity index (χ3v) is 6.83. The van der Waals surface area contributed by atoms with E-state index in [0.717, 1.165) is 16.9 Å². The van der Waals surface area contributed by atoms with Gasteiger partial charge < -0.3 is 19.7 Å². The smallest absolute Gasteiger partial charge is 0.253 e. The predicted molar refractivity (Wildman–Crippen MR) is 131 cm³/mol. The number of aryl methyl sites for hydroxylation is 2. The predicted octanol–water partition coefficient (Wildman–Crippen LogP) is 1.18.